The number of likely N-dealkylation sites (tertiary alicyclic amines) is 1. The molecule has 0 aromatic carbocycles. The van der Waals surface area contributed by atoms with E-state index in [0.29, 0.717) is 13.0 Å². The lowest BCUT2D eigenvalue weighted by molar-refractivity contribution is -0.147. The lowest BCUT2D eigenvalue weighted by atomic mass is 10.1. The molecule has 0 radical (unpaired) electrons. The van der Waals surface area contributed by atoms with E-state index in [2.05, 4.69) is 5.32 Å². The number of hydrogen-bond donors (Lipinski definition) is 2. The number of hydrogen-bond acceptors (Lipinski definition) is 4. The Labute approximate surface area is 124 Å². The zero-order valence-electron chi connectivity index (χ0n) is 12.6. The van der Waals surface area contributed by atoms with Gasteiger partial charge in [-0.25, -0.2) is 4.79 Å². The van der Waals surface area contributed by atoms with E-state index in [0.717, 1.165) is 19.3 Å². The minimum Gasteiger partial charge on any atom is -0.480 e. The lowest BCUT2D eigenvalue weighted by Crippen LogP contribution is -2.40. The smallest absolute Gasteiger partial charge is 0.326 e. The van der Waals surface area contributed by atoms with Crippen LogP contribution in [-0.4, -0.2) is 60.1 Å². The largest absolute Gasteiger partial charge is 0.480 e. The van der Waals surface area contributed by atoms with Gasteiger partial charge in [-0.15, -0.1) is 0 Å². The average Bonchev–Trinajstić information content (AvgIpc) is 2.82. The molecule has 1 heterocycles. The van der Waals surface area contributed by atoms with Crippen LogP contribution in [0.4, 0.5) is 0 Å². The average molecular weight is 300 g/mol. The number of carbonyl (C=O) groups is 3. The van der Waals surface area contributed by atoms with Gasteiger partial charge in [0.15, 0.2) is 0 Å². The van der Waals surface area contributed by atoms with Crippen molar-refractivity contribution in [3.8, 4) is 0 Å². The van der Waals surface area contributed by atoms with Crippen molar-refractivity contribution in [2.45, 2.75) is 51.1 Å². The van der Waals surface area contributed by atoms with Gasteiger partial charge in [0.25, 0.3) is 0 Å². The van der Waals surface area contributed by atoms with Crippen molar-refractivity contribution >= 4 is 17.8 Å². The molecular weight excluding hydrogens is 276 g/mol. The Morgan fingerprint density at radius 1 is 1.29 bits per heavy atom. The summed E-state index contributed by atoms with van der Waals surface area (Å²) in [5, 5.41) is 11.9. The number of nitrogens with one attached hydrogen (secondary N) is 1. The maximum Gasteiger partial charge on any atom is 0.326 e. The first-order chi connectivity index (χ1) is 9.95. The molecule has 21 heavy (non-hydrogen) atoms. The number of amides is 2. The van der Waals surface area contributed by atoms with Crippen LogP contribution in [0.15, 0.2) is 0 Å². The van der Waals surface area contributed by atoms with Crippen LogP contribution in [0.25, 0.3) is 0 Å². The quantitative estimate of drug-likeness (QED) is 0.632. The second-order valence-electron chi connectivity index (χ2n) is 5.33. The predicted molar refractivity (Wildman–Crippen MR) is 75.7 cm³/mol. The molecule has 7 heteroatoms. The topological polar surface area (TPSA) is 95.9 Å². The van der Waals surface area contributed by atoms with Crippen LogP contribution in [0.1, 0.15) is 39.0 Å². The van der Waals surface area contributed by atoms with Gasteiger partial charge in [0, 0.05) is 46.1 Å². The Bertz CT molecular complexity index is 364. The molecule has 0 saturated carbocycles. The zero-order chi connectivity index (χ0) is 15.8. The second-order valence-corrected chi connectivity index (χ2v) is 5.33. The molecule has 2 atom stereocenters. The Balaban J connectivity index is 2.33. The minimum atomic E-state index is -1.03. The zero-order valence-corrected chi connectivity index (χ0v) is 12.6. The number of carboxylic acids is 1. The van der Waals surface area contributed by atoms with Crippen molar-refractivity contribution < 1.29 is 24.2 Å². The first-order valence-corrected chi connectivity index (χ1v) is 7.24. The monoisotopic (exact) mass is 300 g/mol. The summed E-state index contributed by atoms with van der Waals surface area (Å²) in [7, 11) is 1.65. The van der Waals surface area contributed by atoms with E-state index < -0.39 is 12.0 Å². The van der Waals surface area contributed by atoms with Gasteiger partial charge >= 0.3 is 5.97 Å². The molecule has 7 nitrogen and oxygen atoms in total. The number of ether oxygens (including phenoxy) is 1. The number of methoxy groups -OCH3 is 1. The van der Waals surface area contributed by atoms with Gasteiger partial charge in [0.2, 0.25) is 11.8 Å². The molecule has 1 rings (SSSR count). The van der Waals surface area contributed by atoms with Gasteiger partial charge in [0.05, 0.1) is 0 Å². The van der Waals surface area contributed by atoms with Gasteiger partial charge in [0.1, 0.15) is 6.04 Å². The first kappa shape index (κ1) is 17.4. The van der Waals surface area contributed by atoms with Gasteiger partial charge in [-0.3, -0.25) is 9.59 Å². The summed E-state index contributed by atoms with van der Waals surface area (Å²) < 4.78 is 4.93. The van der Waals surface area contributed by atoms with Crippen molar-refractivity contribution in [2.75, 3.05) is 20.3 Å². The highest BCUT2D eigenvalue weighted by Crippen LogP contribution is 2.18. The van der Waals surface area contributed by atoms with Crippen LogP contribution in [0.5, 0.6) is 0 Å². The van der Waals surface area contributed by atoms with Crippen molar-refractivity contribution in [1.29, 1.82) is 0 Å². The standard InChI is InChI=1S/C14H24N2O5/c1-10(17)16-9-11(8-12(16)14(19)20)15-13(18)6-4-3-5-7-21-2/h11-12H,3-9H2,1-2H3,(H,15,18)(H,19,20)/t11-,12-/m1/s1. The molecule has 120 valence electrons. The molecule has 1 aliphatic rings. The fourth-order valence-corrected chi connectivity index (χ4v) is 2.53. The van der Waals surface area contributed by atoms with E-state index in [1.807, 2.05) is 0 Å². The number of nitrogens with zero attached hydrogens (tertiary/aromatic N) is 1. The number of rotatable bonds is 8. The normalized spacial score (nSPS) is 21.3. The fourth-order valence-electron chi connectivity index (χ4n) is 2.53. The Kier molecular flexibility index (Phi) is 7.14. The molecule has 1 saturated heterocycles. The molecule has 0 aromatic rings. The Hall–Kier alpha value is -1.63. The molecule has 0 aromatic heterocycles. The van der Waals surface area contributed by atoms with Crippen molar-refractivity contribution in [3.05, 3.63) is 0 Å². The second kappa shape index (κ2) is 8.61. The van der Waals surface area contributed by atoms with Crippen LogP contribution < -0.4 is 5.32 Å². The SMILES string of the molecule is COCCCCCC(=O)N[C@@H]1C[C@H](C(=O)O)N(C(C)=O)C1. The Morgan fingerprint density at radius 3 is 2.52 bits per heavy atom. The molecule has 0 bridgehead atoms. The lowest BCUT2D eigenvalue weighted by Gasteiger charge is -2.18. The van der Waals surface area contributed by atoms with E-state index in [1.165, 1.54) is 11.8 Å². The Morgan fingerprint density at radius 2 is 2.00 bits per heavy atom. The highest BCUT2D eigenvalue weighted by atomic mass is 16.5. The van der Waals surface area contributed by atoms with E-state index in [4.69, 9.17) is 9.84 Å². The molecule has 2 amide bonds. The maximum absolute atomic E-state index is 11.8. The molecule has 2 N–H and O–H groups in total. The van der Waals surface area contributed by atoms with Crippen LogP contribution >= 0.6 is 0 Å². The summed E-state index contributed by atoms with van der Waals surface area (Å²) in [6.45, 7) is 2.30. The molecule has 0 spiro atoms. The van der Waals surface area contributed by atoms with Gasteiger partial charge in [-0.1, -0.05) is 6.42 Å². The van der Waals surface area contributed by atoms with Gasteiger partial charge < -0.3 is 20.1 Å². The van der Waals surface area contributed by atoms with E-state index in [9.17, 15) is 14.4 Å². The van der Waals surface area contributed by atoms with E-state index in [1.54, 1.807) is 7.11 Å². The van der Waals surface area contributed by atoms with Crippen molar-refractivity contribution in [1.82, 2.24) is 10.2 Å². The summed E-state index contributed by atoms with van der Waals surface area (Å²) in [5.74, 6) is -1.40. The summed E-state index contributed by atoms with van der Waals surface area (Å²) >= 11 is 0. The van der Waals surface area contributed by atoms with E-state index >= 15 is 0 Å². The van der Waals surface area contributed by atoms with Gasteiger partial charge in [-0.05, 0) is 12.8 Å². The molecule has 1 fully saturated rings. The van der Waals surface area contributed by atoms with Crippen LogP contribution in [0.3, 0.4) is 0 Å². The van der Waals surface area contributed by atoms with Crippen molar-refractivity contribution in [3.63, 3.8) is 0 Å². The fraction of sp³-hybridized carbons (Fsp3) is 0.786. The number of carboxylic acid groups (broad SMARTS) is 1. The summed E-state index contributed by atoms with van der Waals surface area (Å²) in [5.41, 5.74) is 0. The molecule has 1 aliphatic heterocycles. The molecular formula is C14H24N2O5. The highest BCUT2D eigenvalue weighted by molar-refractivity contribution is 5.83. The first-order valence-electron chi connectivity index (χ1n) is 7.24. The van der Waals surface area contributed by atoms with Gasteiger partial charge in [-0.2, -0.15) is 0 Å². The molecule has 0 aliphatic carbocycles. The third kappa shape index (κ3) is 5.71. The number of unbranched alkanes of at least 4 members (excludes halogenated alkanes) is 2. The minimum absolute atomic E-state index is 0.0908. The number of carbonyl (C=O) groups excluding carboxylic acids is 2. The highest BCUT2D eigenvalue weighted by Gasteiger charge is 2.38. The van der Waals surface area contributed by atoms with Crippen molar-refractivity contribution in [2.24, 2.45) is 0 Å². The van der Waals surface area contributed by atoms with Crippen LogP contribution in [0, 0.1) is 0 Å². The van der Waals surface area contributed by atoms with Crippen LogP contribution in [0.2, 0.25) is 0 Å². The maximum atomic E-state index is 11.8. The number of aliphatic carboxylic acids is 1. The summed E-state index contributed by atoms with van der Waals surface area (Å²) in [6.07, 6.45) is 3.30. The van der Waals surface area contributed by atoms with E-state index in [-0.39, 0.29) is 30.8 Å². The van der Waals surface area contributed by atoms with Crippen LogP contribution in [-0.2, 0) is 19.1 Å². The third-order valence-electron chi connectivity index (χ3n) is 3.61. The summed E-state index contributed by atoms with van der Waals surface area (Å²) in [6, 6.07) is -1.11. The summed E-state index contributed by atoms with van der Waals surface area (Å²) in [4.78, 5) is 35.6. The molecule has 0 unspecified atom stereocenters. The third-order valence-corrected chi connectivity index (χ3v) is 3.61. The predicted octanol–water partition coefficient (Wildman–Crippen LogP) is 0.383.